The first-order chi connectivity index (χ1) is 13.2. The molecule has 2 atom stereocenters. The molecule has 2 aliphatic rings. The van der Waals surface area contributed by atoms with E-state index in [9.17, 15) is 18.0 Å². The zero-order chi connectivity index (χ0) is 20.5. The maximum absolute atomic E-state index is 13.1. The SMILES string of the molecule is CC1CC(C)CN(S(=O)(=O)c2ccc3c(c2)CCN3C(=O)CCCC(=O)O)C1. The topological polar surface area (TPSA) is 95.0 Å². The third-order valence-electron chi connectivity index (χ3n) is 5.50. The van der Waals surface area contributed by atoms with Crippen molar-refractivity contribution in [1.29, 1.82) is 0 Å². The molecule has 1 N–H and O–H groups in total. The molecule has 0 radical (unpaired) electrons. The smallest absolute Gasteiger partial charge is 0.303 e. The lowest BCUT2D eigenvalue weighted by Gasteiger charge is -2.34. The number of carbonyl (C=O) groups excluding carboxylic acids is 1. The van der Waals surface area contributed by atoms with Crippen molar-refractivity contribution < 1.29 is 23.1 Å². The Kier molecular flexibility index (Phi) is 6.09. The molecular weight excluding hydrogens is 380 g/mol. The van der Waals surface area contributed by atoms with Crippen LogP contribution in [-0.4, -0.2) is 49.3 Å². The van der Waals surface area contributed by atoms with Gasteiger partial charge in [-0.15, -0.1) is 0 Å². The van der Waals surface area contributed by atoms with Crippen molar-refractivity contribution in [3.63, 3.8) is 0 Å². The lowest BCUT2D eigenvalue weighted by molar-refractivity contribution is -0.137. The number of carbonyl (C=O) groups is 2. The average Bonchev–Trinajstić information content (AvgIpc) is 3.03. The lowest BCUT2D eigenvalue weighted by Crippen LogP contribution is -2.42. The first-order valence-corrected chi connectivity index (χ1v) is 11.3. The van der Waals surface area contributed by atoms with Crippen LogP contribution in [-0.2, 0) is 26.0 Å². The second-order valence-electron chi connectivity index (χ2n) is 8.10. The molecular formula is C20H28N2O5S. The molecule has 3 rings (SSSR count). The van der Waals surface area contributed by atoms with E-state index in [0.717, 1.165) is 17.7 Å². The molecule has 0 aliphatic carbocycles. The molecule has 1 aromatic carbocycles. The molecule has 0 spiro atoms. The third-order valence-corrected chi connectivity index (χ3v) is 7.33. The number of carboxylic acids is 1. The minimum Gasteiger partial charge on any atom is -0.481 e. The maximum Gasteiger partial charge on any atom is 0.303 e. The summed E-state index contributed by atoms with van der Waals surface area (Å²) in [6, 6.07) is 4.99. The van der Waals surface area contributed by atoms with Crippen molar-refractivity contribution in [1.82, 2.24) is 4.31 Å². The highest BCUT2D eigenvalue weighted by atomic mass is 32.2. The molecule has 2 heterocycles. The number of piperidine rings is 1. The van der Waals surface area contributed by atoms with E-state index >= 15 is 0 Å². The van der Waals surface area contributed by atoms with Gasteiger partial charge in [-0.2, -0.15) is 4.31 Å². The van der Waals surface area contributed by atoms with E-state index in [1.807, 2.05) is 0 Å². The van der Waals surface area contributed by atoms with Crippen molar-refractivity contribution in [3.05, 3.63) is 23.8 Å². The Hall–Kier alpha value is -1.93. The minimum atomic E-state index is -3.55. The zero-order valence-electron chi connectivity index (χ0n) is 16.4. The zero-order valence-corrected chi connectivity index (χ0v) is 17.2. The van der Waals surface area contributed by atoms with Crippen molar-refractivity contribution in [2.24, 2.45) is 11.8 Å². The number of hydrogen-bond donors (Lipinski definition) is 1. The predicted octanol–water partition coefficient (Wildman–Crippen LogP) is 2.50. The van der Waals surface area contributed by atoms with Gasteiger partial charge in [0.05, 0.1) is 4.90 Å². The number of nitrogens with zero attached hydrogens (tertiary/aromatic N) is 2. The second kappa shape index (κ2) is 8.21. The van der Waals surface area contributed by atoms with E-state index in [1.54, 1.807) is 27.4 Å². The molecule has 28 heavy (non-hydrogen) atoms. The quantitative estimate of drug-likeness (QED) is 0.780. The van der Waals surface area contributed by atoms with Gasteiger partial charge >= 0.3 is 5.97 Å². The van der Waals surface area contributed by atoms with Gasteiger partial charge in [0.2, 0.25) is 15.9 Å². The van der Waals surface area contributed by atoms with E-state index in [0.29, 0.717) is 44.3 Å². The fourth-order valence-corrected chi connectivity index (χ4v) is 6.01. The Balaban J connectivity index is 1.75. The van der Waals surface area contributed by atoms with Crippen LogP contribution in [0.15, 0.2) is 23.1 Å². The molecule has 2 aliphatic heterocycles. The van der Waals surface area contributed by atoms with Gasteiger partial charge in [0.25, 0.3) is 0 Å². The fourth-order valence-electron chi connectivity index (χ4n) is 4.27. The third kappa shape index (κ3) is 4.38. The van der Waals surface area contributed by atoms with E-state index in [2.05, 4.69) is 13.8 Å². The Morgan fingerprint density at radius 2 is 1.82 bits per heavy atom. The van der Waals surface area contributed by atoms with Gasteiger partial charge in [-0.3, -0.25) is 9.59 Å². The normalized spacial score (nSPS) is 22.9. The van der Waals surface area contributed by atoms with Gasteiger partial charge in [0.1, 0.15) is 0 Å². The van der Waals surface area contributed by atoms with Crippen molar-refractivity contribution in [2.75, 3.05) is 24.5 Å². The number of aliphatic carboxylic acids is 1. The lowest BCUT2D eigenvalue weighted by atomic mass is 9.94. The maximum atomic E-state index is 13.1. The predicted molar refractivity (Wildman–Crippen MR) is 106 cm³/mol. The van der Waals surface area contributed by atoms with Crippen LogP contribution >= 0.6 is 0 Å². The second-order valence-corrected chi connectivity index (χ2v) is 10.0. The summed E-state index contributed by atoms with van der Waals surface area (Å²) in [7, 11) is -3.55. The standard InChI is InChI=1S/C20H28N2O5S/c1-14-10-15(2)13-21(12-14)28(26,27)17-6-7-18-16(11-17)8-9-22(18)19(23)4-3-5-20(24)25/h6-7,11,14-15H,3-5,8-10,12-13H2,1-2H3,(H,24,25). The first kappa shape index (κ1) is 20.8. The number of amides is 1. The van der Waals surface area contributed by atoms with E-state index in [-0.39, 0.29) is 23.6 Å². The molecule has 1 aromatic rings. The van der Waals surface area contributed by atoms with Crippen LogP contribution in [0.3, 0.4) is 0 Å². The number of sulfonamides is 1. The first-order valence-electron chi connectivity index (χ1n) is 9.83. The number of rotatable bonds is 6. The van der Waals surface area contributed by atoms with Crippen LogP contribution in [0.4, 0.5) is 5.69 Å². The van der Waals surface area contributed by atoms with Gasteiger partial charge in [0, 0.05) is 38.2 Å². The van der Waals surface area contributed by atoms with E-state index in [1.165, 1.54) is 0 Å². The highest BCUT2D eigenvalue weighted by Gasteiger charge is 2.33. The summed E-state index contributed by atoms with van der Waals surface area (Å²) in [5.41, 5.74) is 1.59. The van der Waals surface area contributed by atoms with Gasteiger partial charge in [-0.25, -0.2) is 8.42 Å². The number of anilines is 1. The van der Waals surface area contributed by atoms with E-state index < -0.39 is 16.0 Å². The molecule has 154 valence electrons. The monoisotopic (exact) mass is 408 g/mol. The van der Waals surface area contributed by atoms with Gasteiger partial charge in [-0.1, -0.05) is 13.8 Å². The van der Waals surface area contributed by atoms with Crippen molar-refractivity contribution in [2.45, 2.75) is 50.8 Å². The average molecular weight is 409 g/mol. The van der Waals surface area contributed by atoms with Crippen LogP contribution in [0.1, 0.15) is 45.1 Å². The Morgan fingerprint density at radius 1 is 1.14 bits per heavy atom. The molecule has 1 fully saturated rings. The summed E-state index contributed by atoms with van der Waals surface area (Å²) in [4.78, 5) is 24.9. The molecule has 1 amide bonds. The number of benzene rings is 1. The molecule has 1 saturated heterocycles. The molecule has 2 unspecified atom stereocenters. The minimum absolute atomic E-state index is 0.0314. The highest BCUT2D eigenvalue weighted by molar-refractivity contribution is 7.89. The molecule has 8 heteroatoms. The largest absolute Gasteiger partial charge is 0.481 e. The molecule has 0 bridgehead atoms. The molecule has 7 nitrogen and oxygen atoms in total. The van der Waals surface area contributed by atoms with Crippen LogP contribution in [0.5, 0.6) is 0 Å². The Bertz CT molecular complexity index is 857. The summed E-state index contributed by atoms with van der Waals surface area (Å²) in [5, 5.41) is 8.71. The number of carboxylic acid groups (broad SMARTS) is 1. The highest BCUT2D eigenvalue weighted by Crippen LogP contribution is 2.33. The Morgan fingerprint density at radius 3 is 2.46 bits per heavy atom. The summed E-state index contributed by atoms with van der Waals surface area (Å²) in [5.74, 6) is -0.348. The Labute approximate surface area is 166 Å². The summed E-state index contributed by atoms with van der Waals surface area (Å²) >= 11 is 0. The van der Waals surface area contributed by atoms with Crippen LogP contribution in [0, 0.1) is 11.8 Å². The summed E-state index contributed by atoms with van der Waals surface area (Å²) in [6.45, 7) is 5.74. The van der Waals surface area contributed by atoms with Crippen molar-refractivity contribution in [3.8, 4) is 0 Å². The summed E-state index contributed by atoms with van der Waals surface area (Å²) < 4.78 is 27.8. The van der Waals surface area contributed by atoms with Crippen LogP contribution in [0.25, 0.3) is 0 Å². The number of fused-ring (bicyclic) bond motifs is 1. The van der Waals surface area contributed by atoms with Crippen LogP contribution in [0.2, 0.25) is 0 Å². The van der Waals surface area contributed by atoms with Gasteiger partial charge < -0.3 is 10.0 Å². The van der Waals surface area contributed by atoms with E-state index in [4.69, 9.17) is 5.11 Å². The molecule has 0 saturated carbocycles. The van der Waals surface area contributed by atoms with Crippen molar-refractivity contribution >= 4 is 27.6 Å². The summed E-state index contributed by atoms with van der Waals surface area (Å²) in [6.07, 6.45) is 2.09. The van der Waals surface area contributed by atoms with Gasteiger partial charge in [-0.05, 0) is 54.9 Å². The fraction of sp³-hybridized carbons (Fsp3) is 0.600. The van der Waals surface area contributed by atoms with Crippen LogP contribution < -0.4 is 4.90 Å². The number of hydrogen-bond acceptors (Lipinski definition) is 4. The molecule has 0 aromatic heterocycles. The van der Waals surface area contributed by atoms with Gasteiger partial charge in [0.15, 0.2) is 0 Å².